The Morgan fingerprint density at radius 1 is 1.14 bits per heavy atom. The molecule has 2 aromatic carbocycles. The van der Waals surface area contributed by atoms with Gasteiger partial charge in [0.1, 0.15) is 28.2 Å². The van der Waals surface area contributed by atoms with Crippen molar-refractivity contribution in [2.24, 2.45) is 5.73 Å². The molecule has 0 radical (unpaired) electrons. The van der Waals surface area contributed by atoms with E-state index in [1.165, 1.54) is 25.1 Å². The predicted octanol–water partition coefficient (Wildman–Crippen LogP) is 5.60. The monoisotopic (exact) mass is 532 g/mol. The van der Waals surface area contributed by atoms with Crippen molar-refractivity contribution in [3.63, 3.8) is 0 Å². The number of hydrogen-bond acceptors (Lipinski definition) is 7. The summed E-state index contributed by atoms with van der Waals surface area (Å²) in [5, 5.41) is 8.24. The van der Waals surface area contributed by atoms with E-state index in [4.69, 9.17) is 15.4 Å². The van der Waals surface area contributed by atoms with Crippen molar-refractivity contribution in [2.45, 2.75) is 37.9 Å². The zero-order valence-corrected chi connectivity index (χ0v) is 20.3. The Morgan fingerprint density at radius 3 is 2.57 bits per heavy atom. The Kier molecular flexibility index (Phi) is 8.89. The van der Waals surface area contributed by atoms with Gasteiger partial charge >= 0.3 is 14.4 Å². The molecule has 0 aliphatic heterocycles. The van der Waals surface area contributed by atoms with Crippen LogP contribution in [0.5, 0.6) is 5.75 Å². The summed E-state index contributed by atoms with van der Waals surface area (Å²) in [5.74, 6) is -0.629. The third kappa shape index (κ3) is 7.49. The smallest absolute Gasteiger partial charge is 0.493 e. The second kappa shape index (κ2) is 11.5. The highest BCUT2D eigenvalue weighted by Gasteiger charge is 2.36. The molecule has 1 unspecified atom stereocenters. The number of ether oxygens (including phenoxy) is 1. The van der Waals surface area contributed by atoms with E-state index in [0.717, 1.165) is 17.4 Å². The number of benzene rings is 2. The molecule has 0 bridgehead atoms. The number of hydrogen-bond donors (Lipinski definition) is 2. The van der Waals surface area contributed by atoms with Gasteiger partial charge in [-0.3, -0.25) is 0 Å². The van der Waals surface area contributed by atoms with E-state index in [0.29, 0.717) is 24.8 Å². The third-order valence-electron chi connectivity index (χ3n) is 4.98. The molecule has 3 N–H and O–H groups in total. The van der Waals surface area contributed by atoms with Gasteiger partial charge in [-0.2, -0.15) is 13.2 Å². The highest BCUT2D eigenvalue weighted by atomic mass is 32.1. The third-order valence-corrected chi connectivity index (χ3v) is 6.58. The summed E-state index contributed by atoms with van der Waals surface area (Å²) in [5.41, 5.74) is 4.54. The van der Waals surface area contributed by atoms with Crippen molar-refractivity contribution in [3.05, 3.63) is 64.4 Å². The molecular formula is C22H23F4N3O4PS+. The lowest BCUT2D eigenvalue weighted by molar-refractivity contribution is -0.138. The van der Waals surface area contributed by atoms with Crippen LogP contribution in [-0.2, 0) is 27.2 Å². The zero-order valence-electron chi connectivity index (χ0n) is 18.6. The molecule has 0 fully saturated rings. The molecule has 1 aromatic heterocycles. The molecule has 2 atom stereocenters. The first-order valence-electron chi connectivity index (χ1n) is 10.5. The van der Waals surface area contributed by atoms with Gasteiger partial charge in [-0.15, -0.1) is 19.6 Å². The second-order valence-corrected chi connectivity index (χ2v) is 9.66. The molecular weight excluding hydrogens is 509 g/mol. The number of aromatic nitrogens is 2. The van der Waals surface area contributed by atoms with Crippen molar-refractivity contribution < 1.29 is 36.3 Å². The van der Waals surface area contributed by atoms with E-state index >= 15 is 0 Å². The van der Waals surface area contributed by atoms with Crippen molar-refractivity contribution in [1.29, 1.82) is 0 Å². The number of rotatable bonds is 11. The first-order valence-corrected chi connectivity index (χ1v) is 12.4. The van der Waals surface area contributed by atoms with E-state index < -0.39 is 25.5 Å². The Balaban J connectivity index is 1.68. The highest BCUT2D eigenvalue weighted by molar-refractivity contribution is 7.32. The average Bonchev–Trinajstić information content (AvgIpc) is 3.29. The van der Waals surface area contributed by atoms with E-state index in [2.05, 4.69) is 14.7 Å². The Bertz CT molecular complexity index is 1170. The van der Waals surface area contributed by atoms with Crippen LogP contribution in [0.2, 0.25) is 0 Å². The summed E-state index contributed by atoms with van der Waals surface area (Å²) in [6.07, 6.45) is -3.21. The molecule has 1 heterocycles. The van der Waals surface area contributed by atoms with Crippen LogP contribution in [0.1, 0.15) is 35.9 Å². The number of unbranched alkanes of at least 4 members (excludes halogenated alkanes) is 1. The number of aryl methyl sites for hydroxylation is 1. The van der Waals surface area contributed by atoms with Crippen LogP contribution in [0, 0.1) is 5.82 Å². The molecule has 35 heavy (non-hydrogen) atoms. The van der Waals surface area contributed by atoms with Crippen LogP contribution in [-0.4, -0.2) is 28.3 Å². The lowest BCUT2D eigenvalue weighted by Gasteiger charge is -2.16. The molecule has 0 aliphatic rings. The maximum atomic E-state index is 13.7. The van der Waals surface area contributed by atoms with Gasteiger partial charge in [-0.05, 0) is 56.0 Å². The van der Waals surface area contributed by atoms with Crippen LogP contribution >= 0.6 is 19.6 Å². The maximum Gasteiger partial charge on any atom is 0.694 e. The Labute approximate surface area is 203 Å². The van der Waals surface area contributed by atoms with Gasteiger partial charge in [0.25, 0.3) is 0 Å². The summed E-state index contributed by atoms with van der Waals surface area (Å²) in [6, 6.07) is 9.94. The zero-order chi connectivity index (χ0) is 25.6. The van der Waals surface area contributed by atoms with Gasteiger partial charge < -0.3 is 10.5 Å². The largest absolute Gasteiger partial charge is 0.694 e. The average molecular weight is 532 g/mol. The standard InChI is InChI=1S/C22H22F4N3O4PS/c1-21(27,13-33-34(30)31)20-29-28-19(35-20)15-9-10-18(16(12-15)22(24,25)26)32-11-5-4-7-14-6-2-3-8-17(14)23/h2-3,6,8-10,12H,4-5,7,11,13,27H2,1H3/p+1/t21-/m0/s1. The maximum absolute atomic E-state index is 13.7. The van der Waals surface area contributed by atoms with Gasteiger partial charge in [-0.25, -0.2) is 4.39 Å². The summed E-state index contributed by atoms with van der Waals surface area (Å²) in [7, 11) is -2.86. The second-order valence-electron chi connectivity index (χ2n) is 7.95. The predicted molar refractivity (Wildman–Crippen MR) is 122 cm³/mol. The van der Waals surface area contributed by atoms with E-state index in [1.54, 1.807) is 18.2 Å². The fourth-order valence-corrected chi connectivity index (χ4v) is 4.39. The summed E-state index contributed by atoms with van der Waals surface area (Å²) < 4.78 is 75.6. The molecule has 188 valence electrons. The molecule has 3 rings (SSSR count). The number of nitrogens with two attached hydrogens (primary N) is 1. The number of alkyl halides is 3. The first-order chi connectivity index (χ1) is 16.5. The molecule has 3 aromatic rings. The van der Waals surface area contributed by atoms with Crippen molar-refractivity contribution in [1.82, 2.24) is 10.2 Å². The minimum absolute atomic E-state index is 0.0402. The summed E-state index contributed by atoms with van der Waals surface area (Å²) >= 11 is 0.951. The van der Waals surface area contributed by atoms with Crippen molar-refractivity contribution in [3.8, 4) is 16.3 Å². The van der Waals surface area contributed by atoms with Crippen LogP contribution in [0.3, 0.4) is 0 Å². The molecule has 7 nitrogen and oxygen atoms in total. The Morgan fingerprint density at radius 2 is 1.89 bits per heavy atom. The minimum atomic E-state index is -4.67. The van der Waals surface area contributed by atoms with E-state index in [1.807, 2.05) is 0 Å². The lowest BCUT2D eigenvalue weighted by atomic mass is 10.1. The number of nitrogens with zero attached hydrogens (tertiary/aromatic N) is 2. The molecule has 0 saturated heterocycles. The summed E-state index contributed by atoms with van der Waals surface area (Å²) in [4.78, 5) is 8.80. The fraction of sp³-hybridized carbons (Fsp3) is 0.364. The molecule has 0 spiro atoms. The van der Waals surface area contributed by atoms with Gasteiger partial charge in [0.15, 0.2) is 0 Å². The number of halogens is 4. The van der Waals surface area contributed by atoms with Crippen molar-refractivity contribution in [2.75, 3.05) is 13.2 Å². The summed E-state index contributed by atoms with van der Waals surface area (Å²) in [6.45, 7) is 1.21. The van der Waals surface area contributed by atoms with Gasteiger partial charge in [0, 0.05) is 10.1 Å². The van der Waals surface area contributed by atoms with Gasteiger partial charge in [0.2, 0.25) is 0 Å². The quantitative estimate of drug-likeness (QED) is 0.188. The molecule has 0 amide bonds. The van der Waals surface area contributed by atoms with E-state index in [9.17, 15) is 22.1 Å². The molecule has 13 heteroatoms. The normalized spacial score (nSPS) is 14.0. The van der Waals surface area contributed by atoms with Crippen LogP contribution in [0.15, 0.2) is 42.5 Å². The Hall–Kier alpha value is -2.50. The van der Waals surface area contributed by atoms with Gasteiger partial charge in [-0.1, -0.05) is 29.5 Å². The molecule has 0 saturated carbocycles. The van der Waals surface area contributed by atoms with Crippen LogP contribution < -0.4 is 10.5 Å². The van der Waals surface area contributed by atoms with Gasteiger partial charge in [0.05, 0.1) is 17.7 Å². The minimum Gasteiger partial charge on any atom is -0.493 e. The SMILES string of the molecule is C[C@](N)(CO[P+](=O)O)c1nnc(-c2ccc(OCCCCc3ccccc3F)c(C(F)(F)F)c2)s1. The first kappa shape index (κ1) is 27.1. The highest BCUT2D eigenvalue weighted by Crippen LogP contribution is 2.40. The van der Waals surface area contributed by atoms with Crippen molar-refractivity contribution >= 4 is 19.6 Å². The fourth-order valence-electron chi connectivity index (χ4n) is 3.13. The lowest BCUT2D eigenvalue weighted by Crippen LogP contribution is -2.37. The van der Waals surface area contributed by atoms with Crippen LogP contribution in [0.25, 0.3) is 10.6 Å². The van der Waals surface area contributed by atoms with Crippen LogP contribution in [0.4, 0.5) is 17.6 Å². The molecule has 0 aliphatic carbocycles. The van der Waals surface area contributed by atoms with E-state index in [-0.39, 0.29) is 40.4 Å². The topological polar surface area (TPSA) is 108 Å².